The number of amides is 1. The monoisotopic (exact) mass is 277 g/mol. The van der Waals surface area contributed by atoms with Gasteiger partial charge in [0.1, 0.15) is 5.82 Å². The van der Waals surface area contributed by atoms with Gasteiger partial charge in [-0.05, 0) is 30.2 Å². The molecule has 0 radical (unpaired) electrons. The van der Waals surface area contributed by atoms with Crippen molar-refractivity contribution >= 4 is 5.91 Å². The highest BCUT2D eigenvalue weighted by Gasteiger charge is 2.10. The molecule has 0 atom stereocenters. The summed E-state index contributed by atoms with van der Waals surface area (Å²) in [5, 5.41) is 6.44. The van der Waals surface area contributed by atoms with Crippen LogP contribution >= 0.6 is 0 Å². The fourth-order valence-corrected chi connectivity index (χ4v) is 1.66. The number of nitrogens with one attached hydrogen (secondary N) is 1. The molecule has 6 heteroatoms. The maximum atomic E-state index is 12.7. The van der Waals surface area contributed by atoms with Crippen LogP contribution in [0.25, 0.3) is 0 Å². The lowest BCUT2D eigenvalue weighted by Crippen LogP contribution is -2.23. The number of hydrogen-bond acceptors (Lipinski definition) is 4. The van der Waals surface area contributed by atoms with Crippen LogP contribution in [0.2, 0.25) is 0 Å². The minimum atomic E-state index is -0.377. The third kappa shape index (κ3) is 3.88. The number of carbonyl (C=O) groups is 1. The van der Waals surface area contributed by atoms with Crippen molar-refractivity contribution in [2.75, 3.05) is 0 Å². The SMILES string of the molecule is CC(C)Cc1nc(CNC(=O)c2ccc(F)cc2)no1. The zero-order valence-electron chi connectivity index (χ0n) is 11.4. The highest BCUT2D eigenvalue weighted by Crippen LogP contribution is 2.06. The zero-order valence-corrected chi connectivity index (χ0v) is 11.4. The Labute approximate surface area is 116 Å². The smallest absolute Gasteiger partial charge is 0.251 e. The molecule has 0 aliphatic heterocycles. The first-order valence-corrected chi connectivity index (χ1v) is 6.40. The first kappa shape index (κ1) is 14.2. The molecule has 0 saturated heterocycles. The van der Waals surface area contributed by atoms with E-state index in [4.69, 9.17) is 4.52 Å². The van der Waals surface area contributed by atoms with E-state index in [1.165, 1.54) is 24.3 Å². The van der Waals surface area contributed by atoms with E-state index in [2.05, 4.69) is 29.3 Å². The van der Waals surface area contributed by atoms with E-state index in [9.17, 15) is 9.18 Å². The van der Waals surface area contributed by atoms with Gasteiger partial charge in [0.2, 0.25) is 5.89 Å². The first-order chi connectivity index (χ1) is 9.54. The lowest BCUT2D eigenvalue weighted by molar-refractivity contribution is 0.0949. The standard InChI is InChI=1S/C14H16FN3O2/c1-9(2)7-13-17-12(18-20-13)8-16-14(19)10-3-5-11(15)6-4-10/h3-6,9H,7-8H2,1-2H3,(H,16,19). The number of hydrogen-bond donors (Lipinski definition) is 1. The van der Waals surface area contributed by atoms with Gasteiger partial charge in [0.05, 0.1) is 6.54 Å². The number of rotatable bonds is 5. The van der Waals surface area contributed by atoms with Gasteiger partial charge in [-0.15, -0.1) is 0 Å². The van der Waals surface area contributed by atoms with Crippen molar-refractivity contribution in [2.24, 2.45) is 5.92 Å². The van der Waals surface area contributed by atoms with E-state index in [1.807, 2.05) is 0 Å². The third-order valence-electron chi connectivity index (χ3n) is 2.61. The maximum Gasteiger partial charge on any atom is 0.251 e. The molecule has 0 aliphatic rings. The summed E-state index contributed by atoms with van der Waals surface area (Å²) in [4.78, 5) is 16.0. The molecule has 0 unspecified atom stereocenters. The highest BCUT2D eigenvalue weighted by molar-refractivity contribution is 5.94. The Morgan fingerprint density at radius 2 is 2.05 bits per heavy atom. The molecule has 1 N–H and O–H groups in total. The molecule has 0 spiro atoms. The molecule has 0 saturated carbocycles. The molecule has 20 heavy (non-hydrogen) atoms. The van der Waals surface area contributed by atoms with Crippen LogP contribution in [-0.2, 0) is 13.0 Å². The van der Waals surface area contributed by atoms with Crippen LogP contribution in [0.5, 0.6) is 0 Å². The summed E-state index contributed by atoms with van der Waals surface area (Å²) in [5.41, 5.74) is 0.386. The van der Waals surface area contributed by atoms with E-state index < -0.39 is 0 Å². The Hall–Kier alpha value is -2.24. The molecule has 0 fully saturated rings. The van der Waals surface area contributed by atoms with Gasteiger partial charge < -0.3 is 9.84 Å². The van der Waals surface area contributed by atoms with Crippen LogP contribution in [0.4, 0.5) is 4.39 Å². The second kappa shape index (κ2) is 6.27. The van der Waals surface area contributed by atoms with Gasteiger partial charge in [-0.2, -0.15) is 4.98 Å². The van der Waals surface area contributed by atoms with E-state index in [-0.39, 0.29) is 18.3 Å². The number of nitrogens with zero attached hydrogens (tertiary/aromatic N) is 2. The van der Waals surface area contributed by atoms with Crippen LogP contribution in [0, 0.1) is 11.7 Å². The molecule has 1 aromatic heterocycles. The third-order valence-corrected chi connectivity index (χ3v) is 2.61. The Balaban J connectivity index is 1.90. The van der Waals surface area contributed by atoms with Gasteiger partial charge in [-0.1, -0.05) is 19.0 Å². The fraction of sp³-hybridized carbons (Fsp3) is 0.357. The largest absolute Gasteiger partial charge is 0.345 e. The minimum absolute atomic E-state index is 0.178. The van der Waals surface area contributed by atoms with Gasteiger partial charge in [0, 0.05) is 12.0 Å². The highest BCUT2D eigenvalue weighted by atomic mass is 19.1. The number of halogens is 1. The van der Waals surface area contributed by atoms with Gasteiger partial charge in [-0.25, -0.2) is 4.39 Å². The predicted octanol–water partition coefficient (Wildman–Crippen LogP) is 2.34. The maximum absolute atomic E-state index is 12.7. The molecule has 1 amide bonds. The van der Waals surface area contributed by atoms with Crippen LogP contribution < -0.4 is 5.32 Å². The van der Waals surface area contributed by atoms with Gasteiger partial charge in [0.25, 0.3) is 5.91 Å². The van der Waals surface area contributed by atoms with Crippen molar-refractivity contribution in [3.05, 3.63) is 47.4 Å². The molecule has 2 aromatic rings. The molecular formula is C14H16FN3O2. The lowest BCUT2D eigenvalue weighted by Gasteiger charge is -2.02. The molecular weight excluding hydrogens is 261 g/mol. The average molecular weight is 277 g/mol. The van der Waals surface area contributed by atoms with Crippen molar-refractivity contribution in [3.8, 4) is 0 Å². The van der Waals surface area contributed by atoms with Crippen LogP contribution in [-0.4, -0.2) is 16.0 Å². The molecule has 1 aromatic carbocycles. The van der Waals surface area contributed by atoms with E-state index in [0.717, 1.165) is 0 Å². The van der Waals surface area contributed by atoms with Gasteiger partial charge in [0.15, 0.2) is 5.82 Å². The average Bonchev–Trinajstić information content (AvgIpc) is 2.83. The lowest BCUT2D eigenvalue weighted by atomic mass is 10.1. The number of benzene rings is 1. The zero-order chi connectivity index (χ0) is 14.5. The summed E-state index contributed by atoms with van der Waals surface area (Å²) in [7, 11) is 0. The van der Waals surface area contributed by atoms with Crippen LogP contribution in [0.3, 0.4) is 0 Å². The van der Waals surface area contributed by atoms with E-state index >= 15 is 0 Å². The topological polar surface area (TPSA) is 68.0 Å². The van der Waals surface area contributed by atoms with Gasteiger partial charge >= 0.3 is 0 Å². The second-order valence-electron chi connectivity index (χ2n) is 4.89. The van der Waals surface area contributed by atoms with Crippen molar-refractivity contribution in [2.45, 2.75) is 26.8 Å². The minimum Gasteiger partial charge on any atom is -0.345 e. The van der Waals surface area contributed by atoms with Crippen molar-refractivity contribution in [1.82, 2.24) is 15.5 Å². The predicted molar refractivity (Wildman–Crippen MR) is 70.4 cm³/mol. The quantitative estimate of drug-likeness (QED) is 0.910. The van der Waals surface area contributed by atoms with Crippen molar-refractivity contribution in [1.29, 1.82) is 0 Å². The summed E-state index contributed by atoms with van der Waals surface area (Å²) >= 11 is 0. The summed E-state index contributed by atoms with van der Waals surface area (Å²) in [6.07, 6.45) is 0.707. The van der Waals surface area contributed by atoms with Crippen molar-refractivity contribution < 1.29 is 13.7 Å². The summed E-state index contributed by atoms with van der Waals surface area (Å²) in [5.74, 6) is 0.734. The summed E-state index contributed by atoms with van der Waals surface area (Å²) in [6.45, 7) is 4.29. The molecule has 106 valence electrons. The fourth-order valence-electron chi connectivity index (χ4n) is 1.66. The van der Waals surface area contributed by atoms with E-state index in [1.54, 1.807) is 0 Å². The first-order valence-electron chi connectivity index (χ1n) is 6.40. The van der Waals surface area contributed by atoms with E-state index in [0.29, 0.717) is 29.6 Å². The number of carbonyl (C=O) groups excluding carboxylic acids is 1. The Bertz CT molecular complexity index is 578. The Morgan fingerprint density at radius 3 is 2.70 bits per heavy atom. The normalized spacial score (nSPS) is 10.8. The summed E-state index contributed by atoms with van der Waals surface area (Å²) < 4.78 is 17.8. The van der Waals surface area contributed by atoms with Crippen molar-refractivity contribution in [3.63, 3.8) is 0 Å². The molecule has 2 rings (SSSR count). The van der Waals surface area contributed by atoms with Gasteiger partial charge in [-0.3, -0.25) is 4.79 Å². The Morgan fingerprint density at radius 1 is 1.35 bits per heavy atom. The molecule has 1 heterocycles. The number of aromatic nitrogens is 2. The molecule has 0 aliphatic carbocycles. The Kier molecular flexibility index (Phi) is 4.45. The van der Waals surface area contributed by atoms with Crippen LogP contribution in [0.15, 0.2) is 28.8 Å². The molecule has 5 nitrogen and oxygen atoms in total. The molecule has 0 bridgehead atoms. The second-order valence-corrected chi connectivity index (χ2v) is 4.89. The van der Waals surface area contributed by atoms with Crippen LogP contribution in [0.1, 0.15) is 35.9 Å². The summed E-state index contributed by atoms with van der Waals surface area (Å²) in [6, 6.07) is 5.32.